The predicted molar refractivity (Wildman–Crippen MR) is 83.9 cm³/mol. The van der Waals surface area contributed by atoms with Crippen molar-refractivity contribution in [3.05, 3.63) is 42.2 Å². The fourth-order valence-electron chi connectivity index (χ4n) is 1.83. The summed E-state index contributed by atoms with van der Waals surface area (Å²) in [4.78, 5) is 19.0. The molecule has 6 heteroatoms. The summed E-state index contributed by atoms with van der Waals surface area (Å²) in [5.74, 6) is -0.0747. The van der Waals surface area contributed by atoms with E-state index in [2.05, 4.69) is 16.0 Å². The van der Waals surface area contributed by atoms with Gasteiger partial charge in [-0.25, -0.2) is 14.8 Å². The van der Waals surface area contributed by atoms with E-state index in [1.807, 2.05) is 26.0 Å². The van der Waals surface area contributed by atoms with Crippen LogP contribution >= 0.6 is 0 Å². The first-order valence-electron chi connectivity index (χ1n) is 7.12. The molecule has 0 saturated heterocycles. The zero-order valence-electron chi connectivity index (χ0n) is 13.0. The second-order valence-electron chi connectivity index (χ2n) is 5.69. The Morgan fingerprint density at radius 2 is 1.96 bits per heavy atom. The average Bonchev–Trinajstić information content (AvgIpc) is 2.55. The molecule has 0 saturated carbocycles. The van der Waals surface area contributed by atoms with Gasteiger partial charge in [-0.2, -0.15) is 5.26 Å². The number of hydrogen-bond donors (Lipinski definition) is 1. The minimum absolute atomic E-state index is 0.0305. The first-order chi connectivity index (χ1) is 10.9. The van der Waals surface area contributed by atoms with Gasteiger partial charge in [-0.1, -0.05) is 12.1 Å². The van der Waals surface area contributed by atoms with E-state index < -0.39 is 11.4 Å². The van der Waals surface area contributed by atoms with Gasteiger partial charge in [0, 0.05) is 12.4 Å². The third kappa shape index (κ3) is 4.27. The monoisotopic (exact) mass is 311 g/mol. The van der Waals surface area contributed by atoms with Gasteiger partial charge in [-0.15, -0.1) is 0 Å². The van der Waals surface area contributed by atoms with E-state index in [1.165, 1.54) is 12.4 Å². The molecule has 0 aliphatic rings. The predicted octanol–water partition coefficient (Wildman–Crippen LogP) is 3.16. The van der Waals surface area contributed by atoms with Crippen LogP contribution < -0.4 is 4.74 Å². The quantitative estimate of drug-likeness (QED) is 0.880. The Morgan fingerprint density at radius 3 is 2.57 bits per heavy atom. The van der Waals surface area contributed by atoms with Crippen LogP contribution in [0.4, 0.5) is 0 Å². The van der Waals surface area contributed by atoms with E-state index in [-0.39, 0.29) is 5.56 Å². The highest BCUT2D eigenvalue weighted by atomic mass is 16.5. The molecule has 1 aromatic heterocycles. The van der Waals surface area contributed by atoms with Crippen LogP contribution in [-0.2, 0) is 0 Å². The van der Waals surface area contributed by atoms with Gasteiger partial charge in [0.1, 0.15) is 5.75 Å². The summed E-state index contributed by atoms with van der Waals surface area (Å²) < 4.78 is 5.76. The van der Waals surface area contributed by atoms with Crippen LogP contribution in [0.1, 0.15) is 30.6 Å². The van der Waals surface area contributed by atoms with Crippen molar-refractivity contribution in [1.82, 2.24) is 9.97 Å². The van der Waals surface area contributed by atoms with E-state index in [4.69, 9.17) is 15.1 Å². The molecule has 0 bridgehead atoms. The SMILES string of the molecule is CC(C)(C#N)CCOc1ccccc1-c1ncc(C(=O)O)cn1. The summed E-state index contributed by atoms with van der Waals surface area (Å²) in [5, 5.41) is 17.9. The summed E-state index contributed by atoms with van der Waals surface area (Å²) in [6.07, 6.45) is 3.12. The Balaban J connectivity index is 2.17. The second-order valence-corrected chi connectivity index (χ2v) is 5.69. The van der Waals surface area contributed by atoms with Crippen molar-refractivity contribution in [2.75, 3.05) is 6.61 Å². The third-order valence-corrected chi connectivity index (χ3v) is 3.31. The summed E-state index contributed by atoms with van der Waals surface area (Å²) in [7, 11) is 0. The average molecular weight is 311 g/mol. The minimum Gasteiger partial charge on any atom is -0.493 e. The topological polar surface area (TPSA) is 96.1 Å². The smallest absolute Gasteiger partial charge is 0.338 e. The molecular formula is C17H17N3O3. The number of nitriles is 1. The Kier molecular flexibility index (Phi) is 4.91. The highest BCUT2D eigenvalue weighted by Crippen LogP contribution is 2.28. The van der Waals surface area contributed by atoms with Crippen molar-refractivity contribution in [2.45, 2.75) is 20.3 Å². The number of hydrogen-bond acceptors (Lipinski definition) is 5. The van der Waals surface area contributed by atoms with Gasteiger partial charge in [0.15, 0.2) is 5.82 Å². The number of rotatable bonds is 6. The molecule has 23 heavy (non-hydrogen) atoms. The van der Waals surface area contributed by atoms with Crippen LogP contribution in [0.5, 0.6) is 5.75 Å². The van der Waals surface area contributed by atoms with Crippen molar-refractivity contribution in [1.29, 1.82) is 5.26 Å². The molecule has 1 N–H and O–H groups in total. The molecule has 1 heterocycles. The first-order valence-corrected chi connectivity index (χ1v) is 7.12. The molecule has 0 aliphatic carbocycles. The minimum atomic E-state index is -1.07. The Hall–Kier alpha value is -2.94. The highest BCUT2D eigenvalue weighted by molar-refractivity contribution is 5.87. The molecule has 0 fully saturated rings. The molecule has 0 unspecified atom stereocenters. The number of para-hydroxylation sites is 1. The van der Waals surface area contributed by atoms with Crippen LogP contribution in [0.15, 0.2) is 36.7 Å². The van der Waals surface area contributed by atoms with Crippen molar-refractivity contribution in [3.63, 3.8) is 0 Å². The number of aromatic carboxylic acids is 1. The van der Waals surface area contributed by atoms with Crippen molar-refractivity contribution < 1.29 is 14.6 Å². The first kappa shape index (κ1) is 16.4. The molecule has 118 valence electrons. The van der Waals surface area contributed by atoms with Crippen LogP contribution in [0, 0.1) is 16.7 Å². The van der Waals surface area contributed by atoms with Gasteiger partial charge < -0.3 is 9.84 Å². The fraction of sp³-hybridized carbons (Fsp3) is 0.294. The lowest BCUT2D eigenvalue weighted by Crippen LogP contribution is -2.13. The number of benzene rings is 1. The molecule has 0 radical (unpaired) electrons. The zero-order chi connectivity index (χ0) is 16.9. The number of carboxylic acids is 1. The van der Waals surface area contributed by atoms with E-state index in [9.17, 15) is 4.79 Å². The van der Waals surface area contributed by atoms with Gasteiger partial charge in [0.25, 0.3) is 0 Å². The maximum atomic E-state index is 10.8. The molecule has 0 amide bonds. The third-order valence-electron chi connectivity index (χ3n) is 3.31. The van der Waals surface area contributed by atoms with Crippen molar-refractivity contribution >= 4 is 5.97 Å². The summed E-state index contributed by atoms with van der Waals surface area (Å²) in [5.41, 5.74) is 0.260. The lowest BCUT2D eigenvalue weighted by molar-refractivity contribution is 0.0696. The van der Waals surface area contributed by atoms with Crippen molar-refractivity contribution in [2.24, 2.45) is 5.41 Å². The number of carboxylic acid groups (broad SMARTS) is 1. The molecule has 2 rings (SSSR count). The fourth-order valence-corrected chi connectivity index (χ4v) is 1.83. The van der Waals surface area contributed by atoms with E-state index >= 15 is 0 Å². The second kappa shape index (κ2) is 6.88. The van der Waals surface area contributed by atoms with Crippen LogP contribution in [-0.4, -0.2) is 27.7 Å². The van der Waals surface area contributed by atoms with Gasteiger partial charge in [0.05, 0.1) is 29.2 Å². The largest absolute Gasteiger partial charge is 0.493 e. The van der Waals surface area contributed by atoms with Gasteiger partial charge in [0.2, 0.25) is 0 Å². The zero-order valence-corrected chi connectivity index (χ0v) is 13.0. The van der Waals surface area contributed by atoms with Gasteiger partial charge in [-0.3, -0.25) is 0 Å². The number of carbonyl (C=O) groups is 1. The molecule has 0 aliphatic heterocycles. The molecule has 0 spiro atoms. The van der Waals surface area contributed by atoms with Crippen LogP contribution in [0.3, 0.4) is 0 Å². The summed E-state index contributed by atoms with van der Waals surface area (Å²) >= 11 is 0. The Bertz CT molecular complexity index is 733. The van der Waals surface area contributed by atoms with E-state index in [0.29, 0.717) is 30.2 Å². The molecule has 6 nitrogen and oxygen atoms in total. The molecular weight excluding hydrogens is 294 g/mol. The number of aromatic nitrogens is 2. The van der Waals surface area contributed by atoms with E-state index in [1.54, 1.807) is 12.1 Å². The highest BCUT2D eigenvalue weighted by Gasteiger charge is 2.17. The summed E-state index contributed by atoms with van der Waals surface area (Å²) in [6, 6.07) is 9.49. The number of nitrogens with zero attached hydrogens (tertiary/aromatic N) is 3. The lowest BCUT2D eigenvalue weighted by Gasteiger charge is -2.16. The normalized spacial score (nSPS) is 10.8. The Labute approximate surface area is 134 Å². The van der Waals surface area contributed by atoms with E-state index in [0.717, 1.165) is 0 Å². The van der Waals surface area contributed by atoms with Crippen LogP contribution in [0.25, 0.3) is 11.4 Å². The van der Waals surface area contributed by atoms with Crippen LogP contribution in [0.2, 0.25) is 0 Å². The molecule has 1 aromatic carbocycles. The molecule has 2 aromatic rings. The maximum absolute atomic E-state index is 10.8. The summed E-state index contributed by atoms with van der Waals surface area (Å²) in [6.45, 7) is 4.11. The lowest BCUT2D eigenvalue weighted by atomic mass is 9.92. The van der Waals surface area contributed by atoms with Crippen molar-refractivity contribution in [3.8, 4) is 23.2 Å². The number of ether oxygens (including phenoxy) is 1. The van der Waals surface area contributed by atoms with Gasteiger partial charge in [-0.05, 0) is 32.4 Å². The van der Waals surface area contributed by atoms with Gasteiger partial charge >= 0.3 is 5.97 Å². The molecule has 0 atom stereocenters. The standard InChI is InChI=1S/C17H17N3O3/c1-17(2,11-18)7-8-23-14-6-4-3-5-13(14)15-19-9-12(10-20-15)16(21)22/h3-6,9-10H,7-8H2,1-2H3,(H,21,22). The Morgan fingerprint density at radius 1 is 1.30 bits per heavy atom. The maximum Gasteiger partial charge on any atom is 0.338 e.